The Hall–Kier alpha value is -1.36. The molecule has 106 valence electrons. The molecule has 5 nitrogen and oxygen atoms in total. The van der Waals surface area contributed by atoms with E-state index in [0.29, 0.717) is 12.5 Å². The Bertz CT molecular complexity index is 419. The van der Waals surface area contributed by atoms with Gasteiger partial charge in [0.1, 0.15) is 0 Å². The van der Waals surface area contributed by atoms with Crippen LogP contribution in [-0.4, -0.2) is 33.6 Å². The molecular formula is C14H25N5. The quantitative estimate of drug-likeness (QED) is 0.610. The Labute approximate surface area is 115 Å². The van der Waals surface area contributed by atoms with Crippen molar-refractivity contribution >= 4 is 5.84 Å². The van der Waals surface area contributed by atoms with Crippen LogP contribution in [0.3, 0.4) is 0 Å². The fraction of sp³-hybridized carbons (Fsp3) is 0.714. The summed E-state index contributed by atoms with van der Waals surface area (Å²) in [5, 5.41) is 12.0. The standard InChI is InChI=1S/C14H25N5/c1-11(9-14(15)16)18(2)10-12-7-8-19(17-12)13-5-3-4-6-13/h7-8,11,13H,3-6,9-10H2,1-2H3,(H3,15,16). The van der Waals surface area contributed by atoms with Gasteiger partial charge in [-0.05, 0) is 32.9 Å². The maximum absolute atomic E-state index is 7.35. The molecule has 1 aromatic heterocycles. The molecule has 1 aromatic rings. The molecular weight excluding hydrogens is 238 g/mol. The highest BCUT2D eigenvalue weighted by Gasteiger charge is 2.18. The largest absolute Gasteiger partial charge is 0.388 e. The van der Waals surface area contributed by atoms with Crippen molar-refractivity contribution in [3.05, 3.63) is 18.0 Å². The Kier molecular flexibility index (Phi) is 4.58. The molecule has 1 aliphatic carbocycles. The SMILES string of the molecule is CC(CC(=N)N)N(C)Cc1ccn(C2CCCC2)n1. The first-order valence-corrected chi connectivity index (χ1v) is 7.13. The second kappa shape index (κ2) is 6.19. The first kappa shape index (κ1) is 14.1. The fourth-order valence-electron chi connectivity index (χ4n) is 2.72. The van der Waals surface area contributed by atoms with Gasteiger partial charge < -0.3 is 5.73 Å². The van der Waals surface area contributed by atoms with Gasteiger partial charge in [-0.3, -0.25) is 15.0 Å². The maximum Gasteiger partial charge on any atom is 0.0920 e. The molecule has 1 saturated carbocycles. The molecule has 0 radical (unpaired) electrons. The Morgan fingerprint density at radius 1 is 1.58 bits per heavy atom. The average Bonchev–Trinajstić information content (AvgIpc) is 2.96. The van der Waals surface area contributed by atoms with Gasteiger partial charge in [-0.15, -0.1) is 0 Å². The minimum absolute atomic E-state index is 0.246. The summed E-state index contributed by atoms with van der Waals surface area (Å²) in [7, 11) is 2.06. The summed E-state index contributed by atoms with van der Waals surface area (Å²) < 4.78 is 2.13. The van der Waals surface area contributed by atoms with Crippen molar-refractivity contribution in [2.75, 3.05) is 7.05 Å². The molecule has 1 fully saturated rings. The van der Waals surface area contributed by atoms with Gasteiger partial charge in [-0.1, -0.05) is 12.8 Å². The van der Waals surface area contributed by atoms with E-state index in [1.807, 2.05) is 0 Å². The molecule has 0 aliphatic heterocycles. The number of hydrogen-bond acceptors (Lipinski definition) is 3. The van der Waals surface area contributed by atoms with Crippen LogP contribution in [0, 0.1) is 5.41 Å². The van der Waals surface area contributed by atoms with Gasteiger partial charge in [-0.25, -0.2) is 0 Å². The van der Waals surface area contributed by atoms with Gasteiger partial charge in [0, 0.05) is 25.2 Å². The lowest BCUT2D eigenvalue weighted by Gasteiger charge is -2.23. The number of nitrogens with one attached hydrogen (secondary N) is 1. The lowest BCUT2D eigenvalue weighted by Crippen LogP contribution is -2.32. The summed E-state index contributed by atoms with van der Waals surface area (Å²) in [6, 6.07) is 2.98. The molecule has 0 spiro atoms. The van der Waals surface area contributed by atoms with Crippen LogP contribution in [0.4, 0.5) is 0 Å². The number of hydrogen-bond donors (Lipinski definition) is 2. The highest BCUT2D eigenvalue weighted by atomic mass is 15.3. The van der Waals surface area contributed by atoms with Crippen LogP contribution in [0.5, 0.6) is 0 Å². The summed E-state index contributed by atoms with van der Waals surface area (Å²) in [5.74, 6) is 0.246. The summed E-state index contributed by atoms with van der Waals surface area (Å²) in [6.45, 7) is 2.91. The van der Waals surface area contributed by atoms with E-state index in [1.165, 1.54) is 25.7 Å². The second-order valence-corrected chi connectivity index (χ2v) is 5.72. The van der Waals surface area contributed by atoms with Crippen molar-refractivity contribution < 1.29 is 0 Å². The molecule has 1 atom stereocenters. The van der Waals surface area contributed by atoms with Crippen LogP contribution in [0.25, 0.3) is 0 Å². The average molecular weight is 263 g/mol. The molecule has 0 amide bonds. The van der Waals surface area contributed by atoms with E-state index in [1.54, 1.807) is 0 Å². The highest BCUT2D eigenvalue weighted by molar-refractivity contribution is 5.77. The topological polar surface area (TPSA) is 70.9 Å². The molecule has 19 heavy (non-hydrogen) atoms. The lowest BCUT2D eigenvalue weighted by molar-refractivity contribution is 0.250. The monoisotopic (exact) mass is 263 g/mol. The Morgan fingerprint density at radius 2 is 2.26 bits per heavy atom. The van der Waals surface area contributed by atoms with E-state index in [-0.39, 0.29) is 11.9 Å². The minimum atomic E-state index is 0.246. The van der Waals surface area contributed by atoms with Crippen LogP contribution in [0.1, 0.15) is 50.8 Å². The van der Waals surface area contributed by atoms with Crippen molar-refractivity contribution in [3.63, 3.8) is 0 Å². The third kappa shape index (κ3) is 3.80. The lowest BCUT2D eigenvalue weighted by atomic mass is 10.2. The smallest absolute Gasteiger partial charge is 0.0920 e. The zero-order valence-electron chi connectivity index (χ0n) is 12.0. The van der Waals surface area contributed by atoms with Crippen molar-refractivity contribution in [3.8, 4) is 0 Å². The molecule has 1 aliphatic rings. The van der Waals surface area contributed by atoms with E-state index in [2.05, 4.69) is 40.9 Å². The van der Waals surface area contributed by atoms with E-state index in [4.69, 9.17) is 11.1 Å². The molecule has 1 unspecified atom stereocenters. The van der Waals surface area contributed by atoms with Gasteiger partial charge >= 0.3 is 0 Å². The second-order valence-electron chi connectivity index (χ2n) is 5.72. The minimum Gasteiger partial charge on any atom is -0.388 e. The van der Waals surface area contributed by atoms with Crippen LogP contribution in [0.2, 0.25) is 0 Å². The fourth-order valence-corrected chi connectivity index (χ4v) is 2.72. The maximum atomic E-state index is 7.35. The van der Waals surface area contributed by atoms with Crippen LogP contribution in [-0.2, 0) is 6.54 Å². The van der Waals surface area contributed by atoms with Crippen LogP contribution < -0.4 is 5.73 Å². The Morgan fingerprint density at radius 3 is 2.89 bits per heavy atom. The molecule has 5 heteroatoms. The number of amidine groups is 1. The number of aromatic nitrogens is 2. The third-order valence-electron chi connectivity index (χ3n) is 4.04. The number of rotatable bonds is 6. The predicted octanol–water partition coefficient (Wildman–Crippen LogP) is 2.14. The summed E-state index contributed by atoms with van der Waals surface area (Å²) in [6.07, 6.45) is 7.90. The zero-order valence-corrected chi connectivity index (χ0v) is 12.0. The molecule has 3 N–H and O–H groups in total. The van der Waals surface area contributed by atoms with Crippen molar-refractivity contribution in [2.45, 2.75) is 57.7 Å². The molecule has 0 saturated heterocycles. The van der Waals surface area contributed by atoms with Crippen LogP contribution >= 0.6 is 0 Å². The van der Waals surface area contributed by atoms with Crippen molar-refractivity contribution in [2.24, 2.45) is 5.73 Å². The van der Waals surface area contributed by atoms with Gasteiger partial charge in [0.2, 0.25) is 0 Å². The van der Waals surface area contributed by atoms with Gasteiger partial charge in [-0.2, -0.15) is 5.10 Å². The normalized spacial score (nSPS) is 18.1. The molecule has 0 aromatic carbocycles. The number of nitrogens with two attached hydrogens (primary N) is 1. The number of nitrogens with zero attached hydrogens (tertiary/aromatic N) is 3. The summed E-state index contributed by atoms with van der Waals surface area (Å²) in [5.41, 5.74) is 6.55. The van der Waals surface area contributed by atoms with Crippen LogP contribution in [0.15, 0.2) is 12.3 Å². The van der Waals surface area contributed by atoms with E-state index < -0.39 is 0 Å². The first-order chi connectivity index (χ1) is 9.06. The Balaban J connectivity index is 1.90. The van der Waals surface area contributed by atoms with E-state index in [0.717, 1.165) is 12.2 Å². The summed E-state index contributed by atoms with van der Waals surface area (Å²) in [4.78, 5) is 2.20. The van der Waals surface area contributed by atoms with E-state index >= 15 is 0 Å². The van der Waals surface area contributed by atoms with Gasteiger partial charge in [0.15, 0.2) is 0 Å². The highest BCUT2D eigenvalue weighted by Crippen LogP contribution is 2.28. The third-order valence-corrected chi connectivity index (χ3v) is 4.04. The van der Waals surface area contributed by atoms with Crippen molar-refractivity contribution in [1.82, 2.24) is 14.7 Å². The van der Waals surface area contributed by atoms with E-state index in [9.17, 15) is 0 Å². The molecule has 1 heterocycles. The first-order valence-electron chi connectivity index (χ1n) is 7.13. The van der Waals surface area contributed by atoms with Crippen molar-refractivity contribution in [1.29, 1.82) is 5.41 Å². The van der Waals surface area contributed by atoms with Gasteiger partial charge in [0.25, 0.3) is 0 Å². The predicted molar refractivity (Wildman–Crippen MR) is 77.2 cm³/mol. The summed E-state index contributed by atoms with van der Waals surface area (Å²) >= 11 is 0. The van der Waals surface area contributed by atoms with Gasteiger partial charge in [0.05, 0.1) is 17.6 Å². The molecule has 0 bridgehead atoms. The zero-order chi connectivity index (χ0) is 13.8. The molecule has 2 rings (SSSR count).